The number of piperidine rings is 1. The summed E-state index contributed by atoms with van der Waals surface area (Å²) in [7, 11) is 0. The Bertz CT molecular complexity index is 307. The van der Waals surface area contributed by atoms with Gasteiger partial charge >= 0.3 is 0 Å². The Morgan fingerprint density at radius 3 is 2.45 bits per heavy atom. The van der Waals surface area contributed by atoms with E-state index in [0.717, 1.165) is 18.0 Å². The monoisotopic (exact) mass is 278 g/mol. The molecule has 1 heterocycles. The van der Waals surface area contributed by atoms with Crippen LogP contribution in [0.1, 0.15) is 71.6 Å². The standard InChI is InChI=1S/C18H34N2/c1-3-18(4-2,13-19-16-10-11-16)14-20-12-6-8-15-7-5-9-17(15)20/h15-17,19H,3-14H2,1-2H3. The van der Waals surface area contributed by atoms with Crippen LogP contribution in [0.4, 0.5) is 0 Å². The zero-order valence-corrected chi connectivity index (χ0v) is 13.7. The lowest BCUT2D eigenvalue weighted by molar-refractivity contribution is 0.0532. The summed E-state index contributed by atoms with van der Waals surface area (Å²) in [5.41, 5.74) is 0.521. The first-order chi connectivity index (χ1) is 9.76. The molecule has 2 unspecified atom stereocenters. The van der Waals surface area contributed by atoms with Crippen molar-refractivity contribution >= 4 is 0 Å². The molecule has 2 nitrogen and oxygen atoms in total. The third-order valence-electron chi connectivity index (χ3n) is 6.49. The van der Waals surface area contributed by atoms with Gasteiger partial charge < -0.3 is 5.32 Å². The van der Waals surface area contributed by atoms with Gasteiger partial charge in [0.25, 0.3) is 0 Å². The van der Waals surface area contributed by atoms with Gasteiger partial charge in [-0.2, -0.15) is 0 Å². The fraction of sp³-hybridized carbons (Fsp3) is 1.00. The molecule has 0 spiro atoms. The largest absolute Gasteiger partial charge is 0.313 e. The molecule has 3 aliphatic rings. The summed E-state index contributed by atoms with van der Waals surface area (Å²) in [6.45, 7) is 8.79. The van der Waals surface area contributed by atoms with Crippen molar-refractivity contribution in [3.8, 4) is 0 Å². The summed E-state index contributed by atoms with van der Waals surface area (Å²) < 4.78 is 0. The highest BCUT2D eigenvalue weighted by Gasteiger charge is 2.39. The van der Waals surface area contributed by atoms with E-state index in [0.29, 0.717) is 5.41 Å². The van der Waals surface area contributed by atoms with E-state index < -0.39 is 0 Å². The van der Waals surface area contributed by atoms with Crippen molar-refractivity contribution in [1.29, 1.82) is 0 Å². The van der Waals surface area contributed by atoms with E-state index in [1.807, 2.05) is 0 Å². The van der Waals surface area contributed by atoms with E-state index in [-0.39, 0.29) is 0 Å². The lowest BCUT2D eigenvalue weighted by atomic mass is 9.79. The van der Waals surface area contributed by atoms with Gasteiger partial charge in [-0.25, -0.2) is 0 Å². The summed E-state index contributed by atoms with van der Waals surface area (Å²) in [6.07, 6.45) is 12.9. The number of fused-ring (bicyclic) bond motifs is 1. The third kappa shape index (κ3) is 3.22. The van der Waals surface area contributed by atoms with Crippen LogP contribution in [0.25, 0.3) is 0 Å². The van der Waals surface area contributed by atoms with E-state index in [2.05, 4.69) is 24.1 Å². The Balaban J connectivity index is 1.61. The second-order valence-corrected chi connectivity index (χ2v) is 7.73. The molecule has 1 saturated heterocycles. The van der Waals surface area contributed by atoms with Gasteiger partial charge in [0, 0.05) is 25.2 Å². The van der Waals surface area contributed by atoms with E-state index in [9.17, 15) is 0 Å². The minimum Gasteiger partial charge on any atom is -0.313 e. The second kappa shape index (κ2) is 6.36. The highest BCUT2D eigenvalue weighted by molar-refractivity contribution is 4.94. The predicted molar refractivity (Wildman–Crippen MR) is 86.0 cm³/mol. The second-order valence-electron chi connectivity index (χ2n) is 7.73. The molecule has 2 saturated carbocycles. The maximum Gasteiger partial charge on any atom is 0.0124 e. The van der Waals surface area contributed by atoms with Crippen LogP contribution in [0.3, 0.4) is 0 Å². The molecule has 0 aromatic heterocycles. The number of rotatable bonds is 7. The normalized spacial score (nSPS) is 31.5. The Morgan fingerprint density at radius 1 is 1.00 bits per heavy atom. The zero-order chi connectivity index (χ0) is 14.0. The maximum atomic E-state index is 3.82. The van der Waals surface area contributed by atoms with Crippen molar-refractivity contribution in [1.82, 2.24) is 10.2 Å². The third-order valence-corrected chi connectivity index (χ3v) is 6.49. The highest BCUT2D eigenvalue weighted by atomic mass is 15.2. The van der Waals surface area contributed by atoms with Crippen molar-refractivity contribution in [2.45, 2.75) is 83.7 Å². The van der Waals surface area contributed by atoms with Crippen molar-refractivity contribution < 1.29 is 0 Å². The van der Waals surface area contributed by atoms with E-state index in [1.54, 1.807) is 0 Å². The van der Waals surface area contributed by atoms with Gasteiger partial charge in [-0.3, -0.25) is 4.90 Å². The molecule has 20 heavy (non-hydrogen) atoms. The Hall–Kier alpha value is -0.0800. The molecule has 3 rings (SSSR count). The summed E-state index contributed by atoms with van der Waals surface area (Å²) in [4.78, 5) is 2.89. The lowest BCUT2D eigenvalue weighted by Gasteiger charge is -2.44. The minimum atomic E-state index is 0.521. The molecule has 0 amide bonds. The van der Waals surface area contributed by atoms with Crippen molar-refractivity contribution in [2.24, 2.45) is 11.3 Å². The highest BCUT2D eigenvalue weighted by Crippen LogP contribution is 2.39. The first-order valence-electron chi connectivity index (χ1n) is 9.24. The van der Waals surface area contributed by atoms with Crippen molar-refractivity contribution in [2.75, 3.05) is 19.6 Å². The topological polar surface area (TPSA) is 15.3 Å². The van der Waals surface area contributed by atoms with Crippen LogP contribution >= 0.6 is 0 Å². The van der Waals surface area contributed by atoms with Gasteiger partial charge in [-0.05, 0) is 69.2 Å². The molecule has 2 heteroatoms. The van der Waals surface area contributed by atoms with E-state index in [1.165, 1.54) is 77.4 Å². The van der Waals surface area contributed by atoms with Gasteiger partial charge in [0.1, 0.15) is 0 Å². The maximum absolute atomic E-state index is 3.82. The molecule has 0 bridgehead atoms. The SMILES string of the molecule is CCC(CC)(CNC1CC1)CN1CCCC2CCCC21. The summed E-state index contributed by atoms with van der Waals surface area (Å²) in [5, 5.41) is 3.82. The Kier molecular flexibility index (Phi) is 4.72. The van der Waals surface area contributed by atoms with E-state index in [4.69, 9.17) is 0 Å². The van der Waals surface area contributed by atoms with Crippen LogP contribution in [0, 0.1) is 11.3 Å². The van der Waals surface area contributed by atoms with Crippen molar-refractivity contribution in [3.05, 3.63) is 0 Å². The molecule has 3 fully saturated rings. The molecule has 0 aromatic carbocycles. The lowest BCUT2D eigenvalue weighted by Crippen LogP contribution is -2.50. The molecule has 116 valence electrons. The van der Waals surface area contributed by atoms with Gasteiger partial charge in [-0.1, -0.05) is 20.3 Å². The summed E-state index contributed by atoms with van der Waals surface area (Å²) >= 11 is 0. The zero-order valence-electron chi connectivity index (χ0n) is 13.7. The van der Waals surface area contributed by atoms with Gasteiger partial charge in [0.2, 0.25) is 0 Å². The van der Waals surface area contributed by atoms with Crippen molar-refractivity contribution in [3.63, 3.8) is 0 Å². The molecule has 0 aromatic rings. The van der Waals surface area contributed by atoms with E-state index >= 15 is 0 Å². The first kappa shape index (κ1) is 14.8. The number of nitrogens with one attached hydrogen (secondary N) is 1. The van der Waals surface area contributed by atoms with Crippen LogP contribution in [-0.4, -0.2) is 36.6 Å². The first-order valence-corrected chi connectivity index (χ1v) is 9.24. The number of hydrogen-bond donors (Lipinski definition) is 1. The molecule has 1 N–H and O–H groups in total. The molecular weight excluding hydrogens is 244 g/mol. The fourth-order valence-electron chi connectivity index (χ4n) is 4.61. The molecule has 0 radical (unpaired) electrons. The Morgan fingerprint density at radius 2 is 1.75 bits per heavy atom. The molecule has 2 atom stereocenters. The number of nitrogens with zero attached hydrogens (tertiary/aromatic N) is 1. The van der Waals surface area contributed by atoms with Crippen LogP contribution in [0.15, 0.2) is 0 Å². The van der Waals surface area contributed by atoms with Gasteiger partial charge in [0.15, 0.2) is 0 Å². The summed E-state index contributed by atoms with van der Waals surface area (Å²) in [5.74, 6) is 1.03. The van der Waals surface area contributed by atoms with Crippen LogP contribution in [0.2, 0.25) is 0 Å². The smallest absolute Gasteiger partial charge is 0.0124 e. The van der Waals surface area contributed by atoms with Crippen LogP contribution in [0.5, 0.6) is 0 Å². The minimum absolute atomic E-state index is 0.521. The van der Waals surface area contributed by atoms with Gasteiger partial charge in [0.05, 0.1) is 0 Å². The average Bonchev–Trinajstić information content (AvgIpc) is 3.19. The molecular formula is C18H34N2. The molecule has 1 aliphatic heterocycles. The fourth-order valence-corrected chi connectivity index (χ4v) is 4.61. The quantitative estimate of drug-likeness (QED) is 0.762. The summed E-state index contributed by atoms with van der Waals surface area (Å²) in [6, 6.07) is 1.79. The number of hydrogen-bond acceptors (Lipinski definition) is 2. The van der Waals surface area contributed by atoms with Gasteiger partial charge in [-0.15, -0.1) is 0 Å². The molecule has 2 aliphatic carbocycles. The number of likely N-dealkylation sites (tertiary alicyclic amines) is 1. The van der Waals surface area contributed by atoms with Crippen LogP contribution < -0.4 is 5.32 Å². The predicted octanol–water partition coefficient (Wildman–Crippen LogP) is 3.81. The van der Waals surface area contributed by atoms with Crippen LogP contribution in [-0.2, 0) is 0 Å². The average molecular weight is 278 g/mol. The Labute approximate surface area is 125 Å².